The Kier molecular flexibility index (Phi) is 4.65. The fourth-order valence-corrected chi connectivity index (χ4v) is 2.36. The van der Waals surface area contributed by atoms with Crippen molar-refractivity contribution in [2.45, 2.75) is 31.5 Å². The number of amides is 1. The number of rotatable bonds is 4. The molecular weight excluding hydrogens is 293 g/mol. The number of carbonyl (C=O) groups is 2. The number of halogens is 1. The number of likely N-dealkylation sites (tertiary alicyclic amines) is 1. The smallest absolute Gasteiger partial charge is 0.335 e. The van der Waals surface area contributed by atoms with Gasteiger partial charge in [-0.15, -0.1) is 0 Å². The molecule has 1 amide bonds. The number of aliphatic hydroxyl groups is 1. The molecule has 6 nitrogen and oxygen atoms in total. The predicted molar refractivity (Wildman–Crippen MR) is 74.9 cm³/mol. The maximum Gasteiger partial charge on any atom is 0.335 e. The van der Waals surface area contributed by atoms with Crippen molar-refractivity contribution in [1.29, 1.82) is 0 Å². The van der Waals surface area contributed by atoms with E-state index in [1.807, 2.05) is 0 Å². The molecule has 1 aliphatic heterocycles. The number of hydrogen-bond donors (Lipinski definition) is 2. The third-order valence-corrected chi connectivity index (χ3v) is 3.76. The summed E-state index contributed by atoms with van der Waals surface area (Å²) in [4.78, 5) is 24.6. The summed E-state index contributed by atoms with van der Waals surface area (Å²) in [5.41, 5.74) is -1.77. The molecule has 0 aliphatic carbocycles. The quantitative estimate of drug-likeness (QED) is 0.867. The Labute approximate surface area is 127 Å². The fraction of sp³-hybridized carbons (Fsp3) is 0.467. The normalized spacial score (nSPS) is 18.6. The number of carbonyl (C=O) groups excluding carboxylic acids is 1. The summed E-state index contributed by atoms with van der Waals surface area (Å²) in [6.07, 6.45) is -0.876. The van der Waals surface area contributed by atoms with Crippen molar-refractivity contribution in [1.82, 2.24) is 4.90 Å². The SMILES string of the molecule is C[C@@H](Oc1cccc(F)c1)C(=O)N1CCC(O)(C(=O)O)CC1. The molecule has 0 unspecified atom stereocenters. The Hall–Kier alpha value is -2.15. The van der Waals surface area contributed by atoms with Crippen molar-refractivity contribution in [3.63, 3.8) is 0 Å². The molecule has 1 saturated heterocycles. The Bertz CT molecular complexity index is 569. The van der Waals surface area contributed by atoms with Gasteiger partial charge in [-0.05, 0) is 19.1 Å². The molecular formula is C15H18FNO5. The molecule has 0 bridgehead atoms. The molecule has 1 aromatic rings. The molecule has 2 rings (SSSR count). The summed E-state index contributed by atoms with van der Waals surface area (Å²) in [6, 6.07) is 5.49. The van der Waals surface area contributed by atoms with Crippen LogP contribution < -0.4 is 4.74 Å². The van der Waals surface area contributed by atoms with E-state index < -0.39 is 23.5 Å². The zero-order valence-electron chi connectivity index (χ0n) is 12.2. The van der Waals surface area contributed by atoms with Gasteiger partial charge < -0.3 is 19.8 Å². The van der Waals surface area contributed by atoms with E-state index in [0.29, 0.717) is 0 Å². The summed E-state index contributed by atoms with van der Waals surface area (Å²) in [5.74, 6) is -1.80. The van der Waals surface area contributed by atoms with E-state index in [-0.39, 0.29) is 37.6 Å². The molecule has 1 fully saturated rings. The van der Waals surface area contributed by atoms with Crippen LogP contribution in [0.25, 0.3) is 0 Å². The Morgan fingerprint density at radius 1 is 1.36 bits per heavy atom. The molecule has 2 N–H and O–H groups in total. The monoisotopic (exact) mass is 311 g/mol. The zero-order chi connectivity index (χ0) is 16.3. The van der Waals surface area contributed by atoms with Gasteiger partial charge in [0.05, 0.1) is 0 Å². The van der Waals surface area contributed by atoms with Crippen LogP contribution in [0.5, 0.6) is 5.75 Å². The lowest BCUT2D eigenvalue weighted by Crippen LogP contribution is -2.53. The second-order valence-electron chi connectivity index (χ2n) is 5.38. The van der Waals surface area contributed by atoms with Crippen molar-refractivity contribution in [2.75, 3.05) is 13.1 Å². The Morgan fingerprint density at radius 3 is 2.55 bits per heavy atom. The predicted octanol–water partition coefficient (Wildman–Crippen LogP) is 1.03. The van der Waals surface area contributed by atoms with Gasteiger partial charge in [0, 0.05) is 32.0 Å². The van der Waals surface area contributed by atoms with Gasteiger partial charge in [-0.3, -0.25) is 4.79 Å². The van der Waals surface area contributed by atoms with Crippen LogP contribution in [-0.4, -0.2) is 51.8 Å². The molecule has 1 atom stereocenters. The van der Waals surface area contributed by atoms with Crippen molar-refractivity contribution in [3.05, 3.63) is 30.1 Å². The number of nitrogens with zero attached hydrogens (tertiary/aromatic N) is 1. The summed E-state index contributed by atoms with van der Waals surface area (Å²) >= 11 is 0. The average Bonchev–Trinajstić information content (AvgIpc) is 2.47. The van der Waals surface area contributed by atoms with Gasteiger partial charge >= 0.3 is 5.97 Å². The van der Waals surface area contributed by atoms with E-state index in [1.165, 1.54) is 23.1 Å². The number of carboxylic acids is 1. The van der Waals surface area contributed by atoms with Crippen molar-refractivity contribution >= 4 is 11.9 Å². The number of benzene rings is 1. The lowest BCUT2D eigenvalue weighted by Gasteiger charge is -2.36. The second kappa shape index (κ2) is 6.31. The van der Waals surface area contributed by atoms with Crippen LogP contribution in [0.4, 0.5) is 4.39 Å². The number of hydrogen-bond acceptors (Lipinski definition) is 4. The molecule has 1 heterocycles. The van der Waals surface area contributed by atoms with Gasteiger partial charge in [-0.1, -0.05) is 6.07 Å². The maximum atomic E-state index is 13.1. The number of aliphatic carboxylic acids is 1. The summed E-state index contributed by atoms with van der Waals surface area (Å²) < 4.78 is 18.5. The Morgan fingerprint density at radius 2 is 2.00 bits per heavy atom. The van der Waals surface area contributed by atoms with Crippen LogP contribution >= 0.6 is 0 Å². The molecule has 0 aromatic heterocycles. The van der Waals surface area contributed by atoms with Crippen molar-refractivity contribution in [2.24, 2.45) is 0 Å². The molecule has 0 radical (unpaired) electrons. The first-order chi connectivity index (χ1) is 10.3. The van der Waals surface area contributed by atoms with Crippen LogP contribution in [0.1, 0.15) is 19.8 Å². The largest absolute Gasteiger partial charge is 0.481 e. The van der Waals surface area contributed by atoms with E-state index in [0.717, 1.165) is 0 Å². The van der Waals surface area contributed by atoms with Crippen molar-refractivity contribution < 1.29 is 28.9 Å². The highest BCUT2D eigenvalue weighted by Crippen LogP contribution is 2.23. The van der Waals surface area contributed by atoms with E-state index in [9.17, 15) is 19.1 Å². The number of piperidine rings is 1. The van der Waals surface area contributed by atoms with Crippen LogP contribution in [0, 0.1) is 5.82 Å². The highest BCUT2D eigenvalue weighted by Gasteiger charge is 2.41. The summed E-state index contributed by atoms with van der Waals surface area (Å²) in [6.45, 7) is 1.82. The highest BCUT2D eigenvalue weighted by molar-refractivity contribution is 5.82. The molecule has 0 saturated carbocycles. The topological polar surface area (TPSA) is 87.1 Å². The van der Waals surface area contributed by atoms with Gasteiger partial charge in [0.1, 0.15) is 11.6 Å². The standard InChI is InChI=1S/C15H18FNO5/c1-10(22-12-4-2-3-11(16)9-12)13(18)17-7-5-15(21,6-8-17)14(19)20/h2-4,9-10,21H,5-8H2,1H3,(H,19,20)/t10-/m1/s1. The highest BCUT2D eigenvalue weighted by atomic mass is 19.1. The van der Waals surface area contributed by atoms with E-state index >= 15 is 0 Å². The first kappa shape index (κ1) is 16.2. The van der Waals surface area contributed by atoms with Gasteiger partial charge in [0.25, 0.3) is 5.91 Å². The third-order valence-electron chi connectivity index (χ3n) is 3.76. The maximum absolute atomic E-state index is 13.1. The van der Waals surface area contributed by atoms with E-state index in [2.05, 4.69) is 0 Å². The molecule has 22 heavy (non-hydrogen) atoms. The van der Waals surface area contributed by atoms with E-state index in [1.54, 1.807) is 13.0 Å². The lowest BCUT2D eigenvalue weighted by molar-refractivity contribution is -0.166. The number of carboxylic acid groups (broad SMARTS) is 1. The van der Waals surface area contributed by atoms with Crippen molar-refractivity contribution in [3.8, 4) is 5.75 Å². The molecule has 1 aromatic carbocycles. The summed E-state index contributed by atoms with van der Waals surface area (Å²) in [7, 11) is 0. The molecule has 0 spiro atoms. The first-order valence-corrected chi connectivity index (χ1v) is 6.98. The molecule has 1 aliphatic rings. The van der Waals surface area contributed by atoms with Crippen LogP contribution in [0.15, 0.2) is 24.3 Å². The first-order valence-electron chi connectivity index (χ1n) is 6.98. The van der Waals surface area contributed by atoms with Crippen LogP contribution in [0.3, 0.4) is 0 Å². The lowest BCUT2D eigenvalue weighted by atomic mass is 9.91. The van der Waals surface area contributed by atoms with Gasteiger partial charge in [0.2, 0.25) is 0 Å². The van der Waals surface area contributed by atoms with E-state index in [4.69, 9.17) is 9.84 Å². The third kappa shape index (κ3) is 3.54. The zero-order valence-corrected chi connectivity index (χ0v) is 12.2. The molecule has 120 valence electrons. The molecule has 7 heteroatoms. The Balaban J connectivity index is 1.93. The minimum absolute atomic E-state index is 0.0270. The minimum Gasteiger partial charge on any atom is -0.481 e. The van der Waals surface area contributed by atoms with Gasteiger partial charge in [-0.25, -0.2) is 9.18 Å². The van der Waals surface area contributed by atoms with Crippen LogP contribution in [0.2, 0.25) is 0 Å². The minimum atomic E-state index is -1.77. The fourth-order valence-electron chi connectivity index (χ4n) is 2.36. The van der Waals surface area contributed by atoms with Gasteiger partial charge in [-0.2, -0.15) is 0 Å². The number of ether oxygens (including phenoxy) is 1. The second-order valence-corrected chi connectivity index (χ2v) is 5.38. The summed E-state index contributed by atoms with van der Waals surface area (Å²) in [5, 5.41) is 18.8. The van der Waals surface area contributed by atoms with Crippen LogP contribution in [-0.2, 0) is 9.59 Å². The van der Waals surface area contributed by atoms with Gasteiger partial charge in [0.15, 0.2) is 11.7 Å². The average molecular weight is 311 g/mol.